The molecule has 2 aliphatic rings. The third-order valence-corrected chi connectivity index (χ3v) is 4.29. The highest BCUT2D eigenvalue weighted by atomic mass is 16.5. The lowest BCUT2D eigenvalue weighted by Crippen LogP contribution is -2.52. The highest BCUT2D eigenvalue weighted by molar-refractivity contribution is 5.75. The third kappa shape index (κ3) is 3.42. The van der Waals surface area contributed by atoms with Crippen LogP contribution in [0.5, 0.6) is 0 Å². The number of aliphatic carboxylic acids is 1. The minimum Gasteiger partial charge on any atom is -0.479 e. The Morgan fingerprint density at radius 1 is 1.20 bits per heavy atom. The molecule has 2 fully saturated rings. The van der Waals surface area contributed by atoms with E-state index in [1.54, 1.807) is 0 Å². The van der Waals surface area contributed by atoms with Crippen LogP contribution in [0, 0.1) is 0 Å². The van der Waals surface area contributed by atoms with Gasteiger partial charge >= 0.3 is 12.0 Å². The molecule has 20 heavy (non-hydrogen) atoms. The SMILES string of the molecule is CC1CCCC(C)N1C(=O)NCC1CCC(C(=O)O)O1. The van der Waals surface area contributed by atoms with Crippen molar-refractivity contribution in [3.8, 4) is 0 Å². The molecule has 0 aromatic carbocycles. The number of hydrogen-bond acceptors (Lipinski definition) is 3. The number of hydrogen-bond donors (Lipinski definition) is 2. The van der Waals surface area contributed by atoms with Crippen LogP contribution in [0.25, 0.3) is 0 Å². The summed E-state index contributed by atoms with van der Waals surface area (Å²) in [5, 5.41) is 11.7. The van der Waals surface area contributed by atoms with Gasteiger partial charge in [-0.25, -0.2) is 9.59 Å². The second-order valence-electron chi connectivity index (χ2n) is 5.88. The van der Waals surface area contributed by atoms with Gasteiger partial charge in [0.25, 0.3) is 0 Å². The zero-order chi connectivity index (χ0) is 14.7. The van der Waals surface area contributed by atoms with Gasteiger partial charge in [0.1, 0.15) is 0 Å². The van der Waals surface area contributed by atoms with Crippen molar-refractivity contribution in [2.24, 2.45) is 0 Å². The maximum Gasteiger partial charge on any atom is 0.332 e. The fourth-order valence-electron chi connectivity index (χ4n) is 3.15. The fraction of sp³-hybridized carbons (Fsp3) is 0.857. The molecular formula is C14H24N2O4. The van der Waals surface area contributed by atoms with Crippen molar-refractivity contribution < 1.29 is 19.4 Å². The zero-order valence-electron chi connectivity index (χ0n) is 12.2. The highest BCUT2D eigenvalue weighted by Crippen LogP contribution is 2.23. The lowest BCUT2D eigenvalue weighted by atomic mass is 9.98. The first-order valence-electron chi connectivity index (χ1n) is 7.43. The molecule has 2 rings (SSSR count). The summed E-state index contributed by atoms with van der Waals surface area (Å²) in [6, 6.07) is 0.456. The molecule has 0 saturated carbocycles. The lowest BCUT2D eigenvalue weighted by molar-refractivity contribution is -0.149. The minimum atomic E-state index is -0.919. The van der Waals surface area contributed by atoms with Gasteiger partial charge in [-0.1, -0.05) is 0 Å². The smallest absolute Gasteiger partial charge is 0.332 e. The lowest BCUT2D eigenvalue weighted by Gasteiger charge is -2.39. The largest absolute Gasteiger partial charge is 0.479 e. The van der Waals surface area contributed by atoms with Crippen LogP contribution in [0.2, 0.25) is 0 Å². The molecule has 0 spiro atoms. The summed E-state index contributed by atoms with van der Waals surface area (Å²) in [5.74, 6) is -0.919. The molecule has 2 N–H and O–H groups in total. The van der Waals surface area contributed by atoms with Gasteiger partial charge in [0.05, 0.1) is 6.10 Å². The molecule has 0 bridgehead atoms. The van der Waals surface area contributed by atoms with E-state index in [2.05, 4.69) is 19.2 Å². The first-order chi connectivity index (χ1) is 9.49. The van der Waals surface area contributed by atoms with Crippen LogP contribution in [0.3, 0.4) is 0 Å². The van der Waals surface area contributed by atoms with Crippen molar-refractivity contribution in [1.29, 1.82) is 0 Å². The summed E-state index contributed by atoms with van der Waals surface area (Å²) in [4.78, 5) is 24.9. The number of carbonyl (C=O) groups excluding carboxylic acids is 1. The molecule has 0 aliphatic carbocycles. The standard InChI is InChI=1S/C14H24N2O4/c1-9-4-3-5-10(2)16(9)14(19)15-8-11-6-7-12(20-11)13(17)18/h9-12H,3-8H2,1-2H3,(H,15,19)(H,17,18). The zero-order valence-corrected chi connectivity index (χ0v) is 12.2. The molecule has 2 amide bonds. The van der Waals surface area contributed by atoms with Crippen LogP contribution in [-0.2, 0) is 9.53 Å². The number of nitrogens with zero attached hydrogens (tertiary/aromatic N) is 1. The Labute approximate surface area is 119 Å². The molecule has 114 valence electrons. The molecule has 4 atom stereocenters. The molecule has 6 nitrogen and oxygen atoms in total. The number of nitrogens with one attached hydrogen (secondary N) is 1. The van der Waals surface area contributed by atoms with Crippen LogP contribution in [0.4, 0.5) is 4.79 Å². The van der Waals surface area contributed by atoms with Crippen molar-refractivity contribution in [1.82, 2.24) is 10.2 Å². The number of carbonyl (C=O) groups is 2. The molecular weight excluding hydrogens is 260 g/mol. The number of ether oxygens (including phenoxy) is 1. The maximum absolute atomic E-state index is 12.2. The number of likely N-dealkylation sites (tertiary alicyclic amines) is 1. The van der Waals surface area contributed by atoms with Gasteiger partial charge < -0.3 is 20.1 Å². The number of urea groups is 1. The molecule has 2 heterocycles. The molecule has 2 saturated heterocycles. The second-order valence-corrected chi connectivity index (χ2v) is 5.88. The van der Waals surface area contributed by atoms with E-state index >= 15 is 0 Å². The average Bonchev–Trinajstić information content (AvgIpc) is 2.85. The van der Waals surface area contributed by atoms with Gasteiger partial charge in [0, 0.05) is 18.6 Å². The van der Waals surface area contributed by atoms with E-state index in [9.17, 15) is 9.59 Å². The predicted molar refractivity (Wildman–Crippen MR) is 73.5 cm³/mol. The molecule has 4 unspecified atom stereocenters. The summed E-state index contributed by atoms with van der Waals surface area (Å²) < 4.78 is 5.38. The third-order valence-electron chi connectivity index (χ3n) is 4.29. The van der Waals surface area contributed by atoms with E-state index in [4.69, 9.17) is 9.84 Å². The van der Waals surface area contributed by atoms with Crippen LogP contribution >= 0.6 is 0 Å². The Balaban J connectivity index is 1.79. The molecule has 0 aromatic heterocycles. The monoisotopic (exact) mass is 284 g/mol. The van der Waals surface area contributed by atoms with Gasteiger partial charge in [-0.2, -0.15) is 0 Å². The van der Waals surface area contributed by atoms with Crippen molar-refractivity contribution in [2.45, 2.75) is 70.2 Å². The Morgan fingerprint density at radius 2 is 1.85 bits per heavy atom. The topological polar surface area (TPSA) is 78.9 Å². The Kier molecular flexibility index (Phi) is 4.86. The number of piperidine rings is 1. The van der Waals surface area contributed by atoms with Gasteiger partial charge in [0.15, 0.2) is 6.10 Å². The number of rotatable bonds is 3. The van der Waals surface area contributed by atoms with E-state index in [0.717, 1.165) is 19.3 Å². The Morgan fingerprint density at radius 3 is 2.40 bits per heavy atom. The van der Waals surface area contributed by atoms with Gasteiger partial charge in [-0.3, -0.25) is 0 Å². The quantitative estimate of drug-likeness (QED) is 0.825. The summed E-state index contributed by atoms with van der Waals surface area (Å²) >= 11 is 0. The molecule has 6 heteroatoms. The summed E-state index contributed by atoms with van der Waals surface area (Å²) in [7, 11) is 0. The summed E-state index contributed by atoms with van der Waals surface area (Å²) in [6.45, 7) is 4.53. The second kappa shape index (κ2) is 6.43. The predicted octanol–water partition coefficient (Wildman–Crippen LogP) is 1.59. The maximum atomic E-state index is 12.2. The van der Waals surface area contributed by atoms with Crippen molar-refractivity contribution in [2.75, 3.05) is 6.54 Å². The van der Waals surface area contributed by atoms with Gasteiger partial charge in [-0.15, -0.1) is 0 Å². The van der Waals surface area contributed by atoms with E-state index < -0.39 is 12.1 Å². The van der Waals surface area contributed by atoms with Crippen LogP contribution in [0.1, 0.15) is 46.0 Å². The molecule has 0 radical (unpaired) electrons. The minimum absolute atomic E-state index is 0.0629. The Bertz CT molecular complexity index is 364. The first-order valence-corrected chi connectivity index (χ1v) is 7.43. The van der Waals surface area contributed by atoms with Crippen LogP contribution in [-0.4, -0.2) is 52.8 Å². The average molecular weight is 284 g/mol. The highest BCUT2D eigenvalue weighted by Gasteiger charge is 2.32. The number of carboxylic acids is 1. The summed E-state index contributed by atoms with van der Waals surface area (Å²) in [5.41, 5.74) is 0. The fourth-order valence-corrected chi connectivity index (χ4v) is 3.15. The van der Waals surface area contributed by atoms with Gasteiger partial charge in [-0.05, 0) is 46.0 Å². The van der Waals surface area contributed by atoms with E-state index in [-0.39, 0.29) is 24.2 Å². The van der Waals surface area contributed by atoms with Crippen LogP contribution < -0.4 is 5.32 Å². The normalized spacial score (nSPS) is 34.0. The van der Waals surface area contributed by atoms with Gasteiger partial charge in [0.2, 0.25) is 0 Å². The van der Waals surface area contributed by atoms with Crippen molar-refractivity contribution in [3.05, 3.63) is 0 Å². The molecule has 2 aliphatic heterocycles. The van der Waals surface area contributed by atoms with E-state index in [1.807, 2.05) is 4.90 Å². The summed E-state index contributed by atoms with van der Waals surface area (Å²) in [6.07, 6.45) is 3.55. The van der Waals surface area contributed by atoms with Crippen LogP contribution in [0.15, 0.2) is 0 Å². The van der Waals surface area contributed by atoms with Crippen molar-refractivity contribution in [3.63, 3.8) is 0 Å². The van der Waals surface area contributed by atoms with E-state index in [0.29, 0.717) is 19.4 Å². The first kappa shape index (κ1) is 15.1. The Hall–Kier alpha value is -1.30. The molecule has 0 aromatic rings. The van der Waals surface area contributed by atoms with E-state index in [1.165, 1.54) is 0 Å². The number of carboxylic acid groups (broad SMARTS) is 1. The van der Waals surface area contributed by atoms with Crippen molar-refractivity contribution >= 4 is 12.0 Å². The number of amides is 2.